The van der Waals surface area contributed by atoms with Crippen molar-refractivity contribution >= 4 is 12.4 Å². The van der Waals surface area contributed by atoms with Crippen LogP contribution in [0.5, 0.6) is 0 Å². The van der Waals surface area contributed by atoms with Crippen LogP contribution in [0.25, 0.3) is 0 Å². The van der Waals surface area contributed by atoms with Gasteiger partial charge >= 0.3 is 6.09 Å². The molecule has 1 aliphatic rings. The topological polar surface area (TPSA) is 107 Å². The molecule has 2 rings (SSSR count). The van der Waals surface area contributed by atoms with Crippen LogP contribution in [0.4, 0.5) is 4.79 Å². The average Bonchev–Trinajstić information content (AvgIpc) is 3.10. The van der Waals surface area contributed by atoms with Crippen LogP contribution in [-0.2, 0) is 14.3 Å². The van der Waals surface area contributed by atoms with Crippen molar-refractivity contribution in [1.82, 2.24) is 25.6 Å². The van der Waals surface area contributed by atoms with Gasteiger partial charge in [0.05, 0.1) is 25.5 Å². The highest BCUT2D eigenvalue weighted by atomic mass is 16.5. The molecule has 1 saturated heterocycles. The van der Waals surface area contributed by atoms with E-state index in [9.17, 15) is 9.59 Å². The summed E-state index contributed by atoms with van der Waals surface area (Å²) in [5.41, 5.74) is 0. The smallest absolute Gasteiger partial charge is 0.406 e. The highest BCUT2D eigenvalue weighted by molar-refractivity contribution is 5.66. The fourth-order valence-corrected chi connectivity index (χ4v) is 1.87. The van der Waals surface area contributed by atoms with Gasteiger partial charge in [-0.1, -0.05) is 5.21 Å². The lowest BCUT2D eigenvalue weighted by Gasteiger charge is -2.22. The van der Waals surface area contributed by atoms with Crippen molar-refractivity contribution in [2.75, 3.05) is 20.2 Å². The van der Waals surface area contributed by atoms with Crippen molar-refractivity contribution in [3.63, 3.8) is 0 Å². The number of hydrogen-bond donors (Lipinski definition) is 2. The van der Waals surface area contributed by atoms with Gasteiger partial charge in [-0.2, -0.15) is 0 Å². The van der Waals surface area contributed by atoms with Crippen molar-refractivity contribution in [2.45, 2.75) is 18.4 Å². The SMILES string of the molecule is COC(=O)NCC(C1CNC(C=O)O1)n1ccnn1. The van der Waals surface area contributed by atoms with E-state index in [4.69, 9.17) is 4.74 Å². The number of rotatable bonds is 5. The van der Waals surface area contributed by atoms with Crippen LogP contribution in [0.2, 0.25) is 0 Å². The summed E-state index contributed by atoms with van der Waals surface area (Å²) in [4.78, 5) is 21.8. The van der Waals surface area contributed by atoms with Gasteiger partial charge in [0.15, 0.2) is 12.5 Å². The largest absolute Gasteiger partial charge is 0.453 e. The molecule has 104 valence electrons. The lowest BCUT2D eigenvalue weighted by molar-refractivity contribution is -0.119. The van der Waals surface area contributed by atoms with Crippen molar-refractivity contribution in [3.8, 4) is 0 Å². The lowest BCUT2D eigenvalue weighted by Crippen LogP contribution is -2.38. The van der Waals surface area contributed by atoms with E-state index >= 15 is 0 Å². The first-order valence-corrected chi connectivity index (χ1v) is 5.76. The minimum Gasteiger partial charge on any atom is -0.453 e. The van der Waals surface area contributed by atoms with Gasteiger partial charge in [0.25, 0.3) is 0 Å². The van der Waals surface area contributed by atoms with Crippen molar-refractivity contribution in [3.05, 3.63) is 12.4 Å². The number of nitrogens with one attached hydrogen (secondary N) is 2. The molecule has 1 aromatic rings. The first-order valence-electron chi connectivity index (χ1n) is 5.76. The summed E-state index contributed by atoms with van der Waals surface area (Å²) >= 11 is 0. The summed E-state index contributed by atoms with van der Waals surface area (Å²) < 4.78 is 11.6. The molecular weight excluding hydrogens is 254 g/mol. The van der Waals surface area contributed by atoms with Crippen LogP contribution in [-0.4, -0.2) is 59.9 Å². The average molecular weight is 269 g/mol. The van der Waals surface area contributed by atoms with E-state index < -0.39 is 12.3 Å². The Morgan fingerprint density at radius 1 is 1.79 bits per heavy atom. The van der Waals surface area contributed by atoms with Crippen LogP contribution in [0.3, 0.4) is 0 Å². The van der Waals surface area contributed by atoms with E-state index in [-0.39, 0.29) is 18.7 Å². The van der Waals surface area contributed by atoms with Gasteiger partial charge in [-0.3, -0.25) is 10.1 Å². The van der Waals surface area contributed by atoms with Gasteiger partial charge in [-0.05, 0) is 0 Å². The van der Waals surface area contributed by atoms with E-state index in [2.05, 4.69) is 25.7 Å². The number of aldehydes is 1. The highest BCUT2D eigenvalue weighted by Crippen LogP contribution is 2.17. The van der Waals surface area contributed by atoms with Gasteiger partial charge in [-0.15, -0.1) is 5.10 Å². The third kappa shape index (κ3) is 3.26. The molecule has 1 fully saturated rings. The highest BCUT2D eigenvalue weighted by Gasteiger charge is 2.33. The minimum absolute atomic E-state index is 0.258. The molecule has 0 aromatic carbocycles. The molecule has 0 saturated carbocycles. The maximum Gasteiger partial charge on any atom is 0.406 e. The molecule has 0 aliphatic carbocycles. The summed E-state index contributed by atoms with van der Waals surface area (Å²) in [5.74, 6) is 0. The molecule has 2 heterocycles. The molecular formula is C10H15N5O4. The number of carbonyl (C=O) groups is 2. The Kier molecular flexibility index (Phi) is 4.42. The van der Waals surface area contributed by atoms with E-state index in [1.165, 1.54) is 13.3 Å². The van der Waals surface area contributed by atoms with E-state index in [1.807, 2.05) is 0 Å². The Morgan fingerprint density at radius 2 is 2.63 bits per heavy atom. The minimum atomic E-state index is -0.630. The fourth-order valence-electron chi connectivity index (χ4n) is 1.87. The summed E-state index contributed by atoms with van der Waals surface area (Å²) in [6.07, 6.45) is 2.42. The maximum absolute atomic E-state index is 11.1. The van der Waals surface area contributed by atoms with Gasteiger partial charge < -0.3 is 14.8 Å². The normalized spacial score (nSPS) is 23.8. The summed E-state index contributed by atoms with van der Waals surface area (Å²) in [5, 5.41) is 13.1. The molecule has 1 aliphatic heterocycles. The number of alkyl carbamates (subject to hydrolysis) is 1. The van der Waals surface area contributed by atoms with E-state index in [1.54, 1.807) is 10.9 Å². The number of hydrogen-bond acceptors (Lipinski definition) is 7. The Balaban J connectivity index is 2.02. The third-order valence-electron chi connectivity index (χ3n) is 2.82. The molecule has 1 aromatic heterocycles. The van der Waals surface area contributed by atoms with E-state index in [0.29, 0.717) is 12.8 Å². The molecule has 1 amide bonds. The first kappa shape index (κ1) is 13.4. The molecule has 19 heavy (non-hydrogen) atoms. The third-order valence-corrected chi connectivity index (χ3v) is 2.82. The standard InChI is InChI=1S/C10H15N5O4/c1-18-10(17)12-4-7(15-3-2-13-14-15)8-5-11-9(6-16)19-8/h2-3,6-9,11H,4-5H2,1H3,(H,12,17). The Hall–Kier alpha value is -2.00. The van der Waals surface area contributed by atoms with Crippen LogP contribution < -0.4 is 10.6 Å². The summed E-state index contributed by atoms with van der Waals surface area (Å²) in [6.45, 7) is 0.741. The van der Waals surface area contributed by atoms with Crippen LogP contribution >= 0.6 is 0 Å². The zero-order valence-corrected chi connectivity index (χ0v) is 10.4. The zero-order valence-electron chi connectivity index (χ0n) is 10.4. The number of ether oxygens (including phenoxy) is 2. The number of methoxy groups -OCH3 is 1. The quantitative estimate of drug-likeness (QED) is 0.639. The number of aromatic nitrogens is 3. The van der Waals surface area contributed by atoms with E-state index in [0.717, 1.165) is 0 Å². The Bertz CT molecular complexity index is 424. The van der Waals surface area contributed by atoms with Gasteiger partial charge in [0.2, 0.25) is 0 Å². The maximum atomic E-state index is 11.1. The predicted octanol–water partition coefficient (Wildman–Crippen LogP) is -1.31. The van der Waals surface area contributed by atoms with Crippen molar-refractivity contribution in [2.24, 2.45) is 0 Å². The molecule has 3 unspecified atom stereocenters. The van der Waals surface area contributed by atoms with Crippen LogP contribution in [0.15, 0.2) is 12.4 Å². The molecule has 9 nitrogen and oxygen atoms in total. The molecule has 0 spiro atoms. The summed E-state index contributed by atoms with van der Waals surface area (Å²) in [6, 6.07) is -0.279. The molecule has 0 bridgehead atoms. The monoisotopic (exact) mass is 269 g/mol. The number of amides is 1. The van der Waals surface area contributed by atoms with Gasteiger partial charge in [-0.25, -0.2) is 9.48 Å². The van der Waals surface area contributed by atoms with Gasteiger partial charge in [0, 0.05) is 19.3 Å². The molecule has 3 atom stereocenters. The second-order valence-corrected chi connectivity index (χ2v) is 3.96. The van der Waals surface area contributed by atoms with Crippen molar-refractivity contribution < 1.29 is 19.1 Å². The second-order valence-electron chi connectivity index (χ2n) is 3.96. The van der Waals surface area contributed by atoms with Gasteiger partial charge in [0.1, 0.15) is 0 Å². The molecule has 2 N–H and O–H groups in total. The Morgan fingerprint density at radius 3 is 3.21 bits per heavy atom. The lowest BCUT2D eigenvalue weighted by atomic mass is 10.1. The Labute approximate surface area is 109 Å². The van der Waals surface area contributed by atoms with Crippen molar-refractivity contribution in [1.29, 1.82) is 0 Å². The number of carbonyl (C=O) groups excluding carboxylic acids is 2. The predicted molar refractivity (Wildman–Crippen MR) is 62.2 cm³/mol. The number of nitrogens with zero attached hydrogens (tertiary/aromatic N) is 3. The first-order chi connectivity index (χ1) is 9.24. The van der Waals surface area contributed by atoms with Crippen LogP contribution in [0, 0.1) is 0 Å². The fraction of sp³-hybridized carbons (Fsp3) is 0.600. The summed E-state index contributed by atoms with van der Waals surface area (Å²) in [7, 11) is 1.29. The second kappa shape index (κ2) is 6.25. The molecule has 9 heteroatoms. The zero-order chi connectivity index (χ0) is 13.7. The van der Waals surface area contributed by atoms with Crippen LogP contribution in [0.1, 0.15) is 6.04 Å². The molecule has 0 radical (unpaired) electrons.